The summed E-state index contributed by atoms with van der Waals surface area (Å²) in [7, 11) is 0. The third-order valence-corrected chi connectivity index (χ3v) is 6.64. The van der Waals surface area contributed by atoms with Gasteiger partial charge in [0.15, 0.2) is 0 Å². The highest BCUT2D eigenvalue weighted by Crippen LogP contribution is 2.23. The number of hydrogen-bond acceptors (Lipinski definition) is 4. The summed E-state index contributed by atoms with van der Waals surface area (Å²) < 4.78 is 0. The van der Waals surface area contributed by atoms with E-state index in [1.807, 2.05) is 18.2 Å². The van der Waals surface area contributed by atoms with Gasteiger partial charge in [-0.05, 0) is 71.7 Å². The van der Waals surface area contributed by atoms with Crippen LogP contribution < -0.4 is 10.6 Å². The quantitative estimate of drug-likeness (QED) is 0.362. The third-order valence-electron chi connectivity index (χ3n) is 6.64. The van der Waals surface area contributed by atoms with Gasteiger partial charge in [-0.1, -0.05) is 61.2 Å². The lowest BCUT2D eigenvalue weighted by Gasteiger charge is -2.17. The Morgan fingerprint density at radius 3 is 2.46 bits per heavy atom. The smallest absolute Gasteiger partial charge is 0.224 e. The van der Waals surface area contributed by atoms with Crippen molar-refractivity contribution in [3.8, 4) is 5.75 Å². The summed E-state index contributed by atoms with van der Waals surface area (Å²) in [5.41, 5.74) is 7.16. The minimum Gasteiger partial charge on any atom is -0.508 e. The Bertz CT molecular complexity index is 1180. The van der Waals surface area contributed by atoms with Crippen LogP contribution in [0.25, 0.3) is 5.57 Å². The Kier molecular flexibility index (Phi) is 8.01. The molecule has 0 fully saturated rings. The van der Waals surface area contributed by atoms with Crippen molar-refractivity contribution >= 4 is 11.5 Å². The summed E-state index contributed by atoms with van der Waals surface area (Å²) in [4.78, 5) is 12.7. The van der Waals surface area contributed by atoms with Crippen molar-refractivity contribution < 1.29 is 15.0 Å². The molecule has 3 aromatic rings. The van der Waals surface area contributed by atoms with Crippen molar-refractivity contribution in [2.24, 2.45) is 0 Å². The topological polar surface area (TPSA) is 81.6 Å². The summed E-state index contributed by atoms with van der Waals surface area (Å²) in [6.07, 6.45) is 3.02. The van der Waals surface area contributed by atoms with E-state index in [4.69, 9.17) is 0 Å². The van der Waals surface area contributed by atoms with E-state index in [1.165, 1.54) is 16.7 Å². The van der Waals surface area contributed by atoms with E-state index in [0.29, 0.717) is 18.5 Å². The normalized spacial score (nSPS) is 13.9. The molecule has 0 radical (unpaired) electrons. The number of rotatable bonds is 10. The SMILES string of the molecule is C=C(CN[C@H](C)Cc1cccc(CC(=O)NC2Cc3ccccc3C2)c1)c1ccc(O)c(CO)c1. The summed E-state index contributed by atoms with van der Waals surface area (Å²) >= 11 is 0. The number of aromatic hydroxyl groups is 1. The Hall–Kier alpha value is -3.41. The van der Waals surface area contributed by atoms with E-state index >= 15 is 0 Å². The Morgan fingerprint density at radius 2 is 1.74 bits per heavy atom. The number of aliphatic hydroxyl groups excluding tert-OH is 1. The van der Waals surface area contributed by atoms with E-state index < -0.39 is 0 Å². The number of hydrogen-bond donors (Lipinski definition) is 4. The molecule has 5 heteroatoms. The number of fused-ring (bicyclic) bond motifs is 1. The van der Waals surface area contributed by atoms with Crippen LogP contribution in [-0.2, 0) is 37.1 Å². The highest BCUT2D eigenvalue weighted by Gasteiger charge is 2.22. The second kappa shape index (κ2) is 11.3. The summed E-state index contributed by atoms with van der Waals surface area (Å²) in [5, 5.41) is 25.8. The zero-order chi connectivity index (χ0) is 24.8. The second-order valence-electron chi connectivity index (χ2n) is 9.53. The maximum Gasteiger partial charge on any atom is 0.224 e. The van der Waals surface area contributed by atoms with Crippen LogP contribution in [0, 0.1) is 0 Å². The largest absolute Gasteiger partial charge is 0.508 e. The average Bonchev–Trinajstić information content (AvgIpc) is 3.25. The van der Waals surface area contributed by atoms with Gasteiger partial charge in [0.2, 0.25) is 5.91 Å². The number of benzene rings is 3. The van der Waals surface area contributed by atoms with Crippen LogP contribution in [-0.4, -0.2) is 34.7 Å². The fraction of sp³-hybridized carbons (Fsp3) is 0.300. The molecule has 1 amide bonds. The van der Waals surface area contributed by atoms with Crippen LogP contribution in [0.2, 0.25) is 0 Å². The fourth-order valence-corrected chi connectivity index (χ4v) is 4.75. The number of carbonyl (C=O) groups is 1. The van der Waals surface area contributed by atoms with Crippen LogP contribution in [0.4, 0.5) is 0 Å². The van der Waals surface area contributed by atoms with E-state index in [9.17, 15) is 15.0 Å². The van der Waals surface area contributed by atoms with Gasteiger partial charge in [-0.15, -0.1) is 0 Å². The summed E-state index contributed by atoms with van der Waals surface area (Å²) in [5.74, 6) is 0.158. The van der Waals surface area contributed by atoms with Gasteiger partial charge in [0.25, 0.3) is 0 Å². The molecule has 0 aliphatic heterocycles. The zero-order valence-electron chi connectivity index (χ0n) is 20.3. The predicted octanol–water partition coefficient (Wildman–Crippen LogP) is 3.94. The molecule has 0 saturated carbocycles. The first-order valence-corrected chi connectivity index (χ1v) is 12.2. The van der Waals surface area contributed by atoms with Gasteiger partial charge < -0.3 is 20.8 Å². The maximum absolute atomic E-state index is 12.7. The van der Waals surface area contributed by atoms with Gasteiger partial charge in [-0.2, -0.15) is 0 Å². The van der Waals surface area contributed by atoms with Gasteiger partial charge in [-0.25, -0.2) is 0 Å². The molecule has 0 bridgehead atoms. The van der Waals surface area contributed by atoms with Gasteiger partial charge in [0, 0.05) is 24.2 Å². The van der Waals surface area contributed by atoms with E-state index in [0.717, 1.165) is 36.0 Å². The molecule has 0 saturated heterocycles. The van der Waals surface area contributed by atoms with Gasteiger partial charge in [0.1, 0.15) is 5.75 Å². The van der Waals surface area contributed by atoms with E-state index in [1.54, 1.807) is 12.1 Å². The average molecular weight is 471 g/mol. The predicted molar refractivity (Wildman–Crippen MR) is 140 cm³/mol. The molecule has 35 heavy (non-hydrogen) atoms. The van der Waals surface area contributed by atoms with Crippen LogP contribution in [0.1, 0.15) is 40.3 Å². The molecule has 182 valence electrons. The first-order valence-electron chi connectivity index (χ1n) is 12.2. The van der Waals surface area contributed by atoms with Gasteiger partial charge in [0.05, 0.1) is 13.0 Å². The van der Waals surface area contributed by atoms with Crippen molar-refractivity contribution in [2.75, 3.05) is 6.54 Å². The molecular formula is C30H34N2O3. The van der Waals surface area contributed by atoms with E-state index in [2.05, 4.69) is 60.5 Å². The molecule has 5 nitrogen and oxygen atoms in total. The Morgan fingerprint density at radius 1 is 1.03 bits per heavy atom. The van der Waals surface area contributed by atoms with Crippen LogP contribution in [0.5, 0.6) is 5.75 Å². The maximum atomic E-state index is 12.7. The third kappa shape index (κ3) is 6.59. The first-order chi connectivity index (χ1) is 16.9. The number of aliphatic hydroxyl groups is 1. The van der Waals surface area contributed by atoms with E-state index in [-0.39, 0.29) is 30.3 Å². The molecule has 4 rings (SSSR count). The lowest BCUT2D eigenvalue weighted by molar-refractivity contribution is -0.121. The number of nitrogens with one attached hydrogen (secondary N) is 2. The van der Waals surface area contributed by atoms with Crippen molar-refractivity contribution in [3.63, 3.8) is 0 Å². The van der Waals surface area contributed by atoms with Crippen molar-refractivity contribution in [1.29, 1.82) is 0 Å². The number of amides is 1. The van der Waals surface area contributed by atoms with Gasteiger partial charge in [-0.3, -0.25) is 4.79 Å². The van der Waals surface area contributed by atoms with Gasteiger partial charge >= 0.3 is 0 Å². The molecule has 4 N–H and O–H groups in total. The number of phenols is 1. The van der Waals surface area contributed by atoms with Crippen molar-refractivity contribution in [3.05, 3.63) is 107 Å². The minimum absolute atomic E-state index is 0.0681. The molecule has 0 heterocycles. The molecule has 0 spiro atoms. The van der Waals surface area contributed by atoms with Crippen molar-refractivity contribution in [2.45, 2.75) is 51.3 Å². The molecule has 1 atom stereocenters. The van der Waals surface area contributed by atoms with Crippen LogP contribution in [0.15, 0.2) is 73.3 Å². The standard InChI is InChI=1S/C30H34N2O3/c1-20(24-10-11-29(34)27(15-24)19-33)18-31-21(2)12-22-6-5-7-23(13-22)14-30(35)32-28-16-25-8-3-4-9-26(25)17-28/h3-11,13,15,21,28,31,33-34H,1,12,14,16-19H2,2H3,(H,32,35)/t21-/m1/s1. The monoisotopic (exact) mass is 470 g/mol. The lowest BCUT2D eigenvalue weighted by atomic mass is 10.0. The molecule has 3 aromatic carbocycles. The molecule has 1 aliphatic rings. The molecule has 1 aliphatic carbocycles. The highest BCUT2D eigenvalue weighted by molar-refractivity contribution is 5.79. The van der Waals surface area contributed by atoms with Crippen LogP contribution in [0.3, 0.4) is 0 Å². The fourth-order valence-electron chi connectivity index (χ4n) is 4.75. The Labute approximate surface area is 207 Å². The summed E-state index contributed by atoms with van der Waals surface area (Å²) in [6.45, 7) is 6.66. The lowest BCUT2D eigenvalue weighted by Crippen LogP contribution is -2.36. The molecular weight excluding hydrogens is 436 g/mol. The van der Waals surface area contributed by atoms with Crippen molar-refractivity contribution in [1.82, 2.24) is 10.6 Å². The molecule has 0 aromatic heterocycles. The zero-order valence-corrected chi connectivity index (χ0v) is 20.3. The molecule has 0 unspecified atom stereocenters. The minimum atomic E-state index is -0.209. The number of carbonyl (C=O) groups excluding carboxylic acids is 1. The Balaban J connectivity index is 1.25. The second-order valence-corrected chi connectivity index (χ2v) is 9.53. The van der Waals surface area contributed by atoms with Crippen LogP contribution >= 0.6 is 0 Å². The first kappa shape index (κ1) is 24.7. The highest BCUT2D eigenvalue weighted by atomic mass is 16.3. The summed E-state index contributed by atoms with van der Waals surface area (Å²) in [6, 6.07) is 22.2.